The van der Waals surface area contributed by atoms with Crippen LogP contribution >= 0.6 is 11.6 Å². The Labute approximate surface area is 187 Å². The molecule has 0 aliphatic heterocycles. The van der Waals surface area contributed by atoms with Crippen LogP contribution in [-0.2, 0) is 4.79 Å². The van der Waals surface area contributed by atoms with E-state index in [-0.39, 0.29) is 23.8 Å². The van der Waals surface area contributed by atoms with E-state index in [9.17, 15) is 9.59 Å². The van der Waals surface area contributed by atoms with Crippen molar-refractivity contribution >= 4 is 40.6 Å². The lowest BCUT2D eigenvalue weighted by Crippen LogP contribution is -2.38. The van der Waals surface area contributed by atoms with Crippen LogP contribution in [-0.4, -0.2) is 38.7 Å². The van der Waals surface area contributed by atoms with E-state index in [2.05, 4.69) is 30.9 Å². The Morgan fingerprint density at radius 3 is 2.55 bits per heavy atom. The Morgan fingerprint density at radius 1 is 1.16 bits per heavy atom. The molecule has 2 heterocycles. The van der Waals surface area contributed by atoms with Gasteiger partial charge < -0.3 is 20.7 Å². The third-order valence-electron chi connectivity index (χ3n) is 5.26. The molecule has 2 aromatic rings. The Hall–Kier alpha value is -2.74. The minimum absolute atomic E-state index is 0.111. The van der Waals surface area contributed by atoms with E-state index in [4.69, 9.17) is 11.6 Å². The standard InChI is InChI=1S/C22H29ClN6O2/c1-13(2)27-19-9-20(29-21-18(23)11-24-12-26-21)25-10-17(19)22(31)28-16-6-4-15(5-7-16)8-14(3)30/h9-13,15-16H,4-8H2,1-3H3,(H,28,31)(H2,24,25,26,27,29). The molecule has 1 amide bonds. The smallest absolute Gasteiger partial charge is 0.255 e. The SMILES string of the molecule is CC(=O)CC1CCC(NC(=O)c2cnc(Nc3ncncc3Cl)cc2NC(C)C)CC1. The van der Waals surface area contributed by atoms with Crippen molar-refractivity contribution in [2.24, 2.45) is 5.92 Å². The van der Waals surface area contributed by atoms with Crippen molar-refractivity contribution < 1.29 is 9.59 Å². The number of hydrogen-bond donors (Lipinski definition) is 3. The number of carbonyl (C=O) groups excluding carboxylic acids is 2. The molecule has 1 fully saturated rings. The van der Waals surface area contributed by atoms with Gasteiger partial charge >= 0.3 is 0 Å². The molecule has 3 N–H and O–H groups in total. The topological polar surface area (TPSA) is 109 Å². The molecule has 0 aromatic carbocycles. The molecule has 9 heteroatoms. The number of nitrogens with one attached hydrogen (secondary N) is 3. The lowest BCUT2D eigenvalue weighted by Gasteiger charge is -2.29. The summed E-state index contributed by atoms with van der Waals surface area (Å²) in [5, 5.41) is 9.89. The van der Waals surface area contributed by atoms with Crippen molar-refractivity contribution in [1.29, 1.82) is 0 Å². The number of carbonyl (C=O) groups is 2. The highest BCUT2D eigenvalue weighted by molar-refractivity contribution is 6.32. The molecule has 1 aliphatic carbocycles. The number of Topliss-reactive ketones (excluding diaryl/α,β-unsaturated/α-hetero) is 1. The fourth-order valence-corrected chi connectivity index (χ4v) is 3.99. The molecular weight excluding hydrogens is 416 g/mol. The number of pyridine rings is 1. The second kappa shape index (κ2) is 10.5. The van der Waals surface area contributed by atoms with Crippen LogP contribution in [0.4, 0.5) is 17.3 Å². The summed E-state index contributed by atoms with van der Waals surface area (Å²) in [5.74, 6) is 1.48. The lowest BCUT2D eigenvalue weighted by molar-refractivity contribution is -0.118. The van der Waals surface area contributed by atoms with Gasteiger partial charge in [-0.15, -0.1) is 0 Å². The first-order chi connectivity index (χ1) is 14.8. The maximum absolute atomic E-state index is 13.0. The van der Waals surface area contributed by atoms with Gasteiger partial charge in [-0.05, 0) is 52.4 Å². The predicted molar refractivity (Wildman–Crippen MR) is 122 cm³/mol. The first-order valence-corrected chi connectivity index (χ1v) is 11.0. The highest BCUT2D eigenvalue weighted by Crippen LogP contribution is 2.28. The molecule has 8 nitrogen and oxygen atoms in total. The number of rotatable bonds is 8. The fourth-order valence-electron chi connectivity index (χ4n) is 3.84. The summed E-state index contributed by atoms with van der Waals surface area (Å²) in [6.07, 6.45) is 8.78. The number of anilines is 3. The van der Waals surface area contributed by atoms with Gasteiger partial charge in [0.15, 0.2) is 5.82 Å². The molecule has 2 aromatic heterocycles. The van der Waals surface area contributed by atoms with E-state index in [1.54, 1.807) is 19.2 Å². The number of nitrogens with zero attached hydrogens (tertiary/aromatic N) is 3. The predicted octanol–water partition coefficient (Wildman–Crippen LogP) is 4.36. The van der Waals surface area contributed by atoms with Crippen molar-refractivity contribution in [3.63, 3.8) is 0 Å². The Bertz CT molecular complexity index is 928. The van der Waals surface area contributed by atoms with Crippen molar-refractivity contribution in [2.75, 3.05) is 10.6 Å². The van der Waals surface area contributed by atoms with Gasteiger partial charge in [0.1, 0.15) is 23.0 Å². The number of hydrogen-bond acceptors (Lipinski definition) is 7. The van der Waals surface area contributed by atoms with E-state index in [0.717, 1.165) is 25.7 Å². The Morgan fingerprint density at radius 2 is 1.90 bits per heavy atom. The second-order valence-electron chi connectivity index (χ2n) is 8.36. The maximum Gasteiger partial charge on any atom is 0.255 e. The third kappa shape index (κ3) is 6.62. The molecule has 0 radical (unpaired) electrons. The first-order valence-electron chi connectivity index (χ1n) is 10.6. The van der Waals surface area contributed by atoms with E-state index in [1.807, 2.05) is 13.8 Å². The van der Waals surface area contributed by atoms with E-state index < -0.39 is 0 Å². The molecule has 0 unspecified atom stereocenters. The van der Waals surface area contributed by atoms with Crippen LogP contribution in [0.15, 0.2) is 24.8 Å². The van der Waals surface area contributed by atoms with E-state index >= 15 is 0 Å². The van der Waals surface area contributed by atoms with E-state index in [0.29, 0.717) is 40.2 Å². The van der Waals surface area contributed by atoms with Crippen LogP contribution in [0.2, 0.25) is 5.02 Å². The van der Waals surface area contributed by atoms with Gasteiger partial charge in [-0.2, -0.15) is 0 Å². The summed E-state index contributed by atoms with van der Waals surface area (Å²) >= 11 is 6.11. The van der Waals surface area contributed by atoms with E-state index in [1.165, 1.54) is 12.5 Å². The van der Waals surface area contributed by atoms with Gasteiger partial charge in [0.25, 0.3) is 5.91 Å². The van der Waals surface area contributed by atoms with Crippen molar-refractivity contribution in [3.05, 3.63) is 35.4 Å². The molecule has 166 valence electrons. The maximum atomic E-state index is 13.0. The summed E-state index contributed by atoms with van der Waals surface area (Å²) in [6.45, 7) is 5.65. The monoisotopic (exact) mass is 444 g/mol. The van der Waals surface area contributed by atoms with Crippen molar-refractivity contribution in [2.45, 2.75) is 65.0 Å². The van der Waals surface area contributed by atoms with Gasteiger partial charge in [-0.3, -0.25) is 4.79 Å². The molecule has 1 aliphatic rings. The van der Waals surface area contributed by atoms with Crippen LogP contribution in [0.3, 0.4) is 0 Å². The quantitative estimate of drug-likeness (QED) is 0.555. The molecule has 0 atom stereocenters. The highest BCUT2D eigenvalue weighted by Gasteiger charge is 2.24. The number of ketones is 1. The highest BCUT2D eigenvalue weighted by atomic mass is 35.5. The van der Waals surface area contributed by atoms with Gasteiger partial charge in [0.2, 0.25) is 0 Å². The van der Waals surface area contributed by atoms with Gasteiger partial charge in [0, 0.05) is 30.8 Å². The van der Waals surface area contributed by atoms with Crippen LogP contribution in [0.25, 0.3) is 0 Å². The molecule has 0 bridgehead atoms. The number of amides is 1. The summed E-state index contributed by atoms with van der Waals surface area (Å²) in [7, 11) is 0. The zero-order chi connectivity index (χ0) is 22.4. The van der Waals surface area contributed by atoms with Crippen LogP contribution in [0, 0.1) is 5.92 Å². The second-order valence-corrected chi connectivity index (χ2v) is 8.76. The lowest BCUT2D eigenvalue weighted by atomic mass is 9.83. The molecule has 1 saturated carbocycles. The average molecular weight is 445 g/mol. The van der Waals surface area contributed by atoms with Crippen molar-refractivity contribution in [1.82, 2.24) is 20.3 Å². The van der Waals surface area contributed by atoms with Gasteiger partial charge in [0.05, 0.1) is 17.4 Å². The van der Waals surface area contributed by atoms with Crippen LogP contribution in [0.5, 0.6) is 0 Å². The zero-order valence-corrected chi connectivity index (χ0v) is 18.9. The van der Waals surface area contributed by atoms with Crippen molar-refractivity contribution in [3.8, 4) is 0 Å². The first kappa shape index (κ1) is 22.9. The minimum atomic E-state index is -0.155. The summed E-state index contributed by atoms with van der Waals surface area (Å²) in [5.41, 5.74) is 1.17. The van der Waals surface area contributed by atoms with Gasteiger partial charge in [-0.25, -0.2) is 15.0 Å². The Balaban J connectivity index is 1.70. The largest absolute Gasteiger partial charge is 0.382 e. The zero-order valence-electron chi connectivity index (χ0n) is 18.1. The normalized spacial score (nSPS) is 18.5. The molecule has 0 saturated heterocycles. The summed E-state index contributed by atoms with van der Waals surface area (Å²) < 4.78 is 0. The summed E-state index contributed by atoms with van der Waals surface area (Å²) in [4.78, 5) is 36.7. The molecule has 0 spiro atoms. The average Bonchev–Trinajstić information content (AvgIpc) is 2.70. The number of aromatic nitrogens is 3. The Kier molecular flexibility index (Phi) is 7.79. The number of halogens is 1. The summed E-state index contributed by atoms with van der Waals surface area (Å²) in [6, 6.07) is 2.02. The fraction of sp³-hybridized carbons (Fsp3) is 0.500. The van der Waals surface area contributed by atoms with Crippen LogP contribution < -0.4 is 16.0 Å². The minimum Gasteiger partial charge on any atom is -0.382 e. The molecular formula is C22H29ClN6O2. The molecule has 3 rings (SSSR count). The van der Waals surface area contributed by atoms with Crippen LogP contribution in [0.1, 0.15) is 63.2 Å². The molecule has 31 heavy (non-hydrogen) atoms. The van der Waals surface area contributed by atoms with Gasteiger partial charge in [-0.1, -0.05) is 11.6 Å². The third-order valence-corrected chi connectivity index (χ3v) is 5.54.